The maximum atomic E-state index is 12.1. The fourth-order valence-corrected chi connectivity index (χ4v) is 2.22. The summed E-state index contributed by atoms with van der Waals surface area (Å²) in [7, 11) is 0. The second kappa shape index (κ2) is 7.32. The van der Waals surface area contributed by atoms with Gasteiger partial charge in [0.25, 0.3) is 0 Å². The van der Waals surface area contributed by atoms with E-state index in [9.17, 15) is 13.2 Å². The molecule has 0 aliphatic rings. The molecule has 0 bridgehead atoms. The predicted molar refractivity (Wildman–Crippen MR) is 87.3 cm³/mol. The SMILES string of the molecule is C[C@H](NC(=S)Nc1ccc(OC(F)(F)F)cc1)c1ccccc1. The Balaban J connectivity index is 1.90. The van der Waals surface area contributed by atoms with Gasteiger partial charge in [-0.05, 0) is 49.0 Å². The van der Waals surface area contributed by atoms with Crippen LogP contribution in [-0.4, -0.2) is 11.5 Å². The Kier molecular flexibility index (Phi) is 5.44. The maximum Gasteiger partial charge on any atom is 0.573 e. The zero-order chi connectivity index (χ0) is 16.9. The summed E-state index contributed by atoms with van der Waals surface area (Å²) in [5.74, 6) is -0.278. The molecule has 1 atom stereocenters. The lowest BCUT2D eigenvalue weighted by Gasteiger charge is -2.17. The molecule has 122 valence electrons. The van der Waals surface area contributed by atoms with Crippen molar-refractivity contribution < 1.29 is 17.9 Å². The summed E-state index contributed by atoms with van der Waals surface area (Å²) in [5.41, 5.74) is 1.64. The van der Waals surface area contributed by atoms with E-state index < -0.39 is 6.36 Å². The molecule has 0 saturated carbocycles. The third-order valence-corrected chi connectivity index (χ3v) is 3.21. The molecular weight excluding hydrogens is 325 g/mol. The van der Waals surface area contributed by atoms with Crippen molar-refractivity contribution in [1.82, 2.24) is 5.32 Å². The third kappa shape index (κ3) is 5.78. The number of benzene rings is 2. The number of halogens is 3. The van der Waals surface area contributed by atoms with Crippen LogP contribution in [0, 0.1) is 0 Å². The summed E-state index contributed by atoms with van der Waals surface area (Å²) < 4.78 is 40.1. The first-order chi connectivity index (χ1) is 10.8. The van der Waals surface area contributed by atoms with Crippen LogP contribution in [0.3, 0.4) is 0 Å². The number of alkyl halides is 3. The van der Waals surface area contributed by atoms with Crippen LogP contribution in [0.4, 0.5) is 18.9 Å². The van der Waals surface area contributed by atoms with Gasteiger partial charge in [-0.2, -0.15) is 0 Å². The Hall–Kier alpha value is -2.28. The number of thiocarbonyl (C=S) groups is 1. The first kappa shape index (κ1) is 17.1. The molecule has 0 aromatic heterocycles. The highest BCUT2D eigenvalue weighted by Crippen LogP contribution is 2.24. The average molecular weight is 340 g/mol. The van der Waals surface area contributed by atoms with Crippen LogP contribution in [0.1, 0.15) is 18.5 Å². The van der Waals surface area contributed by atoms with Crippen molar-refractivity contribution in [3.05, 3.63) is 60.2 Å². The molecular formula is C16H15F3N2OS. The minimum Gasteiger partial charge on any atom is -0.406 e. The number of rotatable bonds is 4. The fraction of sp³-hybridized carbons (Fsp3) is 0.188. The molecule has 0 unspecified atom stereocenters. The largest absolute Gasteiger partial charge is 0.573 e. The minimum atomic E-state index is -4.70. The van der Waals surface area contributed by atoms with Crippen LogP contribution in [-0.2, 0) is 0 Å². The number of hydrogen-bond donors (Lipinski definition) is 2. The van der Waals surface area contributed by atoms with E-state index in [0.29, 0.717) is 10.8 Å². The highest BCUT2D eigenvalue weighted by atomic mass is 32.1. The summed E-state index contributed by atoms with van der Waals surface area (Å²) in [6.45, 7) is 1.96. The summed E-state index contributed by atoms with van der Waals surface area (Å²) in [5, 5.41) is 6.40. The molecule has 0 radical (unpaired) electrons. The second-order valence-electron chi connectivity index (χ2n) is 4.80. The molecule has 0 heterocycles. The number of hydrogen-bond acceptors (Lipinski definition) is 2. The Morgan fingerprint density at radius 2 is 1.65 bits per heavy atom. The standard InChI is InChI=1S/C16H15F3N2OS/c1-11(12-5-3-2-4-6-12)20-15(23)21-13-7-9-14(10-8-13)22-16(17,18)19/h2-11H,1H3,(H2,20,21,23)/t11-/m0/s1. The van der Waals surface area contributed by atoms with Gasteiger partial charge in [0.2, 0.25) is 0 Å². The molecule has 2 aromatic rings. The molecule has 3 nitrogen and oxygen atoms in total. The molecule has 23 heavy (non-hydrogen) atoms. The van der Waals surface area contributed by atoms with Gasteiger partial charge in [-0.15, -0.1) is 13.2 Å². The molecule has 0 aliphatic heterocycles. The van der Waals surface area contributed by atoms with Crippen LogP contribution in [0.15, 0.2) is 54.6 Å². The van der Waals surface area contributed by atoms with Crippen molar-refractivity contribution in [2.45, 2.75) is 19.3 Å². The summed E-state index contributed by atoms with van der Waals surface area (Å²) in [6.07, 6.45) is -4.70. The van der Waals surface area contributed by atoms with E-state index in [1.54, 1.807) is 0 Å². The van der Waals surface area contributed by atoms with Gasteiger partial charge in [0.05, 0.1) is 6.04 Å². The van der Waals surface area contributed by atoms with E-state index in [4.69, 9.17) is 12.2 Å². The van der Waals surface area contributed by atoms with Crippen molar-refractivity contribution in [2.24, 2.45) is 0 Å². The van der Waals surface area contributed by atoms with Crippen LogP contribution in [0.25, 0.3) is 0 Å². The van der Waals surface area contributed by atoms with E-state index >= 15 is 0 Å². The van der Waals surface area contributed by atoms with Crippen LogP contribution < -0.4 is 15.4 Å². The zero-order valence-corrected chi connectivity index (χ0v) is 13.0. The summed E-state index contributed by atoms with van der Waals surface area (Å²) in [4.78, 5) is 0. The molecule has 7 heteroatoms. The first-order valence-electron chi connectivity index (χ1n) is 6.82. The van der Waals surface area contributed by atoms with Gasteiger partial charge in [-0.25, -0.2) is 0 Å². The lowest BCUT2D eigenvalue weighted by Crippen LogP contribution is -2.30. The van der Waals surface area contributed by atoms with E-state index in [1.807, 2.05) is 37.3 Å². The highest BCUT2D eigenvalue weighted by Gasteiger charge is 2.30. The summed E-state index contributed by atoms with van der Waals surface area (Å²) in [6, 6.07) is 15.1. The Morgan fingerprint density at radius 1 is 1.04 bits per heavy atom. The van der Waals surface area contributed by atoms with Crippen molar-refractivity contribution in [1.29, 1.82) is 0 Å². The molecule has 0 aliphatic carbocycles. The number of anilines is 1. The fourth-order valence-electron chi connectivity index (χ4n) is 1.93. The molecule has 0 amide bonds. The van der Waals surface area contributed by atoms with Gasteiger partial charge in [-0.1, -0.05) is 30.3 Å². The molecule has 2 aromatic carbocycles. The van der Waals surface area contributed by atoms with Gasteiger partial charge in [0.15, 0.2) is 5.11 Å². The quantitative estimate of drug-likeness (QED) is 0.795. The smallest absolute Gasteiger partial charge is 0.406 e. The van der Waals surface area contributed by atoms with Crippen LogP contribution in [0.5, 0.6) is 5.75 Å². The van der Waals surface area contributed by atoms with Crippen molar-refractivity contribution in [3.63, 3.8) is 0 Å². The third-order valence-electron chi connectivity index (χ3n) is 2.99. The normalized spacial score (nSPS) is 12.3. The number of ether oxygens (including phenoxy) is 1. The Morgan fingerprint density at radius 3 is 2.22 bits per heavy atom. The second-order valence-corrected chi connectivity index (χ2v) is 5.21. The van der Waals surface area contributed by atoms with Crippen LogP contribution >= 0.6 is 12.2 Å². The topological polar surface area (TPSA) is 33.3 Å². The van der Waals surface area contributed by atoms with Crippen molar-refractivity contribution >= 4 is 23.0 Å². The van der Waals surface area contributed by atoms with Gasteiger partial charge in [0.1, 0.15) is 5.75 Å². The maximum absolute atomic E-state index is 12.1. The van der Waals surface area contributed by atoms with Crippen molar-refractivity contribution in [2.75, 3.05) is 5.32 Å². The predicted octanol–water partition coefficient (Wildman–Crippen LogP) is 4.63. The van der Waals surface area contributed by atoms with Crippen LogP contribution in [0.2, 0.25) is 0 Å². The van der Waals surface area contributed by atoms with Gasteiger partial charge in [-0.3, -0.25) is 0 Å². The molecule has 2 N–H and O–H groups in total. The highest BCUT2D eigenvalue weighted by molar-refractivity contribution is 7.80. The zero-order valence-electron chi connectivity index (χ0n) is 12.2. The van der Waals surface area contributed by atoms with Gasteiger partial charge < -0.3 is 15.4 Å². The van der Waals surface area contributed by atoms with E-state index in [2.05, 4.69) is 15.4 Å². The van der Waals surface area contributed by atoms with E-state index in [-0.39, 0.29) is 11.8 Å². The van der Waals surface area contributed by atoms with Gasteiger partial charge in [0, 0.05) is 5.69 Å². The molecule has 0 fully saturated rings. The average Bonchev–Trinajstić information content (AvgIpc) is 2.48. The first-order valence-corrected chi connectivity index (χ1v) is 7.22. The molecule has 0 saturated heterocycles. The van der Waals surface area contributed by atoms with Gasteiger partial charge >= 0.3 is 6.36 Å². The minimum absolute atomic E-state index is 0.00374. The molecule has 2 rings (SSSR count). The Labute approximate surface area is 137 Å². The lowest BCUT2D eigenvalue weighted by molar-refractivity contribution is -0.274. The molecule has 0 spiro atoms. The number of nitrogens with one attached hydrogen (secondary N) is 2. The summed E-state index contributed by atoms with van der Waals surface area (Å²) >= 11 is 5.20. The Bertz CT molecular complexity index is 645. The van der Waals surface area contributed by atoms with E-state index in [0.717, 1.165) is 5.56 Å². The van der Waals surface area contributed by atoms with E-state index in [1.165, 1.54) is 24.3 Å². The lowest BCUT2D eigenvalue weighted by atomic mass is 10.1. The van der Waals surface area contributed by atoms with Crippen molar-refractivity contribution in [3.8, 4) is 5.75 Å². The monoisotopic (exact) mass is 340 g/mol.